The van der Waals surface area contributed by atoms with Crippen LogP contribution in [0.3, 0.4) is 0 Å². The Morgan fingerprint density at radius 1 is 1.38 bits per heavy atom. The number of nitrogens with two attached hydrogens (primary N) is 1. The van der Waals surface area contributed by atoms with Crippen molar-refractivity contribution in [3.63, 3.8) is 0 Å². The zero-order valence-corrected chi connectivity index (χ0v) is 12.1. The lowest BCUT2D eigenvalue weighted by molar-refractivity contribution is 0.0743. The van der Waals surface area contributed by atoms with Gasteiger partial charge >= 0.3 is 0 Å². The van der Waals surface area contributed by atoms with Crippen LogP contribution in [0.5, 0.6) is 0 Å². The molecule has 1 aliphatic rings. The van der Waals surface area contributed by atoms with Crippen molar-refractivity contribution in [2.45, 2.75) is 19.4 Å². The lowest BCUT2D eigenvalue weighted by Gasteiger charge is -2.21. The monoisotopic (exact) mass is 284 g/mol. The van der Waals surface area contributed by atoms with Gasteiger partial charge in [-0.2, -0.15) is 5.10 Å². The molecule has 0 spiro atoms. The first-order valence-corrected chi connectivity index (χ1v) is 7.30. The molecule has 0 radical (unpaired) electrons. The summed E-state index contributed by atoms with van der Waals surface area (Å²) in [5, 5.41) is 4.18. The average molecular weight is 284 g/mol. The van der Waals surface area contributed by atoms with E-state index in [-0.39, 0.29) is 11.9 Å². The highest BCUT2D eigenvalue weighted by Gasteiger charge is 2.31. The molecule has 1 aromatic carbocycles. The van der Waals surface area contributed by atoms with E-state index in [4.69, 9.17) is 5.73 Å². The lowest BCUT2D eigenvalue weighted by Crippen LogP contribution is -2.34. The molecule has 2 heterocycles. The van der Waals surface area contributed by atoms with Gasteiger partial charge in [0.25, 0.3) is 5.91 Å². The number of amides is 1. The summed E-state index contributed by atoms with van der Waals surface area (Å²) in [7, 11) is 0. The van der Waals surface area contributed by atoms with Crippen LogP contribution >= 0.6 is 0 Å². The molecule has 1 saturated heterocycles. The number of benzene rings is 1. The third-order valence-electron chi connectivity index (χ3n) is 4.14. The predicted octanol–water partition coefficient (Wildman–Crippen LogP) is 1.68. The minimum absolute atomic E-state index is 0.0884. The number of hydrogen-bond donors (Lipinski definition) is 1. The Balaban J connectivity index is 1.76. The zero-order chi connectivity index (χ0) is 14.8. The van der Waals surface area contributed by atoms with Crippen LogP contribution in [0.15, 0.2) is 42.7 Å². The van der Waals surface area contributed by atoms with Gasteiger partial charge in [0.1, 0.15) is 0 Å². The molecule has 0 aliphatic carbocycles. The fourth-order valence-corrected chi connectivity index (χ4v) is 2.94. The summed E-state index contributed by atoms with van der Waals surface area (Å²) < 4.78 is 1.77. The first-order valence-electron chi connectivity index (χ1n) is 7.30. The lowest BCUT2D eigenvalue weighted by atomic mass is 10.1. The normalized spacial score (nSPS) is 21.7. The fraction of sp³-hybridized carbons (Fsp3) is 0.375. The summed E-state index contributed by atoms with van der Waals surface area (Å²) in [6.45, 7) is 3.50. The van der Waals surface area contributed by atoms with E-state index in [1.54, 1.807) is 10.9 Å². The Morgan fingerprint density at radius 3 is 2.71 bits per heavy atom. The number of nitrogens with zero attached hydrogens (tertiary/aromatic N) is 3. The maximum absolute atomic E-state index is 12.6. The van der Waals surface area contributed by atoms with Crippen molar-refractivity contribution < 1.29 is 4.79 Å². The number of likely N-dealkylation sites (tertiary alicyclic amines) is 1. The number of aromatic nitrogens is 2. The van der Waals surface area contributed by atoms with E-state index < -0.39 is 0 Å². The Kier molecular flexibility index (Phi) is 3.75. The van der Waals surface area contributed by atoms with Gasteiger partial charge in [0.15, 0.2) is 0 Å². The molecule has 1 aromatic heterocycles. The van der Waals surface area contributed by atoms with E-state index in [0.717, 1.165) is 24.2 Å². The summed E-state index contributed by atoms with van der Waals surface area (Å²) in [6, 6.07) is 9.70. The first kappa shape index (κ1) is 13.8. The van der Waals surface area contributed by atoms with Gasteiger partial charge in [-0.25, -0.2) is 4.68 Å². The van der Waals surface area contributed by atoms with Crippen molar-refractivity contribution in [1.82, 2.24) is 14.7 Å². The Morgan fingerprint density at radius 2 is 2.14 bits per heavy atom. The quantitative estimate of drug-likeness (QED) is 0.932. The Bertz CT molecular complexity index is 606. The average Bonchev–Trinajstić information content (AvgIpc) is 3.16. The first-order chi connectivity index (χ1) is 10.2. The molecule has 5 nitrogen and oxygen atoms in total. The van der Waals surface area contributed by atoms with Crippen LogP contribution in [0.25, 0.3) is 5.69 Å². The second-order valence-electron chi connectivity index (χ2n) is 5.64. The molecule has 1 amide bonds. The third kappa shape index (κ3) is 2.69. The summed E-state index contributed by atoms with van der Waals surface area (Å²) in [5.41, 5.74) is 7.39. The minimum atomic E-state index is 0.0884. The van der Waals surface area contributed by atoms with Crippen molar-refractivity contribution in [1.29, 1.82) is 0 Å². The smallest absolute Gasteiger partial charge is 0.254 e. The number of carbonyl (C=O) groups is 1. The molecule has 2 aromatic rings. The molecular weight excluding hydrogens is 264 g/mol. The molecule has 1 aliphatic heterocycles. The second-order valence-corrected chi connectivity index (χ2v) is 5.64. The molecule has 21 heavy (non-hydrogen) atoms. The number of rotatable bonds is 3. The van der Waals surface area contributed by atoms with Crippen molar-refractivity contribution >= 4 is 5.91 Å². The molecule has 0 bridgehead atoms. The summed E-state index contributed by atoms with van der Waals surface area (Å²) in [4.78, 5) is 14.5. The highest BCUT2D eigenvalue weighted by molar-refractivity contribution is 5.94. The molecule has 1 fully saturated rings. The largest absolute Gasteiger partial charge is 0.336 e. The van der Waals surface area contributed by atoms with Gasteiger partial charge < -0.3 is 10.6 Å². The van der Waals surface area contributed by atoms with Crippen LogP contribution in [0, 0.1) is 5.92 Å². The van der Waals surface area contributed by atoms with E-state index in [2.05, 4.69) is 12.0 Å². The van der Waals surface area contributed by atoms with E-state index in [1.165, 1.54) is 0 Å². The van der Waals surface area contributed by atoms with Gasteiger partial charge in [0.2, 0.25) is 0 Å². The predicted molar refractivity (Wildman–Crippen MR) is 81.2 cm³/mol. The van der Waals surface area contributed by atoms with Crippen LogP contribution < -0.4 is 5.73 Å². The van der Waals surface area contributed by atoms with Gasteiger partial charge in [-0.1, -0.05) is 0 Å². The van der Waals surface area contributed by atoms with E-state index in [1.807, 2.05) is 41.4 Å². The standard InChI is InChI=1S/C16H20N4O/c1-12-9-13(10-17)11-19(12)16(21)14-3-5-15(6-4-14)20-8-2-7-18-20/h2-8,12-13H,9-11,17H2,1H3. The fourth-order valence-electron chi connectivity index (χ4n) is 2.94. The summed E-state index contributed by atoms with van der Waals surface area (Å²) in [6.07, 6.45) is 4.61. The van der Waals surface area contributed by atoms with Crippen LogP contribution in [0.1, 0.15) is 23.7 Å². The molecular formula is C16H20N4O. The van der Waals surface area contributed by atoms with Crippen LogP contribution in [0.2, 0.25) is 0 Å². The molecule has 2 atom stereocenters. The molecule has 3 rings (SSSR count). The van der Waals surface area contributed by atoms with Crippen LogP contribution in [-0.2, 0) is 0 Å². The highest BCUT2D eigenvalue weighted by Crippen LogP contribution is 2.24. The molecule has 0 saturated carbocycles. The third-order valence-corrected chi connectivity index (χ3v) is 4.14. The van der Waals surface area contributed by atoms with Crippen molar-refractivity contribution in [2.24, 2.45) is 11.7 Å². The number of hydrogen-bond acceptors (Lipinski definition) is 3. The number of carbonyl (C=O) groups excluding carboxylic acids is 1. The molecule has 2 N–H and O–H groups in total. The van der Waals surface area contributed by atoms with E-state index in [0.29, 0.717) is 12.5 Å². The van der Waals surface area contributed by atoms with Gasteiger partial charge in [0, 0.05) is 30.5 Å². The van der Waals surface area contributed by atoms with Crippen LogP contribution in [-0.4, -0.2) is 39.7 Å². The molecule has 2 unspecified atom stereocenters. The molecule has 110 valence electrons. The SMILES string of the molecule is CC1CC(CN)CN1C(=O)c1ccc(-n2cccn2)cc1. The van der Waals surface area contributed by atoms with Crippen molar-refractivity contribution in [3.8, 4) is 5.69 Å². The maximum Gasteiger partial charge on any atom is 0.254 e. The summed E-state index contributed by atoms with van der Waals surface area (Å²) in [5.74, 6) is 0.512. The molecule has 5 heteroatoms. The second kappa shape index (κ2) is 5.69. The maximum atomic E-state index is 12.6. The van der Waals surface area contributed by atoms with Gasteiger partial charge in [-0.3, -0.25) is 4.79 Å². The Hall–Kier alpha value is -2.14. The topological polar surface area (TPSA) is 64.2 Å². The van der Waals surface area contributed by atoms with E-state index in [9.17, 15) is 4.79 Å². The van der Waals surface area contributed by atoms with Crippen molar-refractivity contribution in [2.75, 3.05) is 13.1 Å². The summed E-state index contributed by atoms with van der Waals surface area (Å²) >= 11 is 0. The van der Waals surface area contributed by atoms with Gasteiger partial charge in [-0.05, 0) is 56.1 Å². The van der Waals surface area contributed by atoms with Crippen molar-refractivity contribution in [3.05, 3.63) is 48.3 Å². The Labute approximate surface area is 124 Å². The highest BCUT2D eigenvalue weighted by atomic mass is 16.2. The van der Waals surface area contributed by atoms with E-state index >= 15 is 0 Å². The minimum Gasteiger partial charge on any atom is -0.336 e. The van der Waals surface area contributed by atoms with Crippen LogP contribution in [0.4, 0.5) is 0 Å². The van der Waals surface area contributed by atoms with Gasteiger partial charge in [0.05, 0.1) is 5.69 Å². The van der Waals surface area contributed by atoms with Gasteiger partial charge in [-0.15, -0.1) is 0 Å². The zero-order valence-electron chi connectivity index (χ0n) is 12.1.